The summed E-state index contributed by atoms with van der Waals surface area (Å²) in [4.78, 5) is 12.9. The van der Waals surface area contributed by atoms with E-state index in [1.54, 1.807) is 10.8 Å². The minimum absolute atomic E-state index is 0.0202. The summed E-state index contributed by atoms with van der Waals surface area (Å²) < 4.78 is 7.45. The monoisotopic (exact) mass is 351 g/mol. The Hall–Kier alpha value is -2.52. The van der Waals surface area contributed by atoms with Crippen LogP contribution < -0.4 is 5.56 Å². The number of rotatable bonds is 1. The van der Waals surface area contributed by atoms with Gasteiger partial charge in [0.15, 0.2) is 0 Å². The van der Waals surface area contributed by atoms with E-state index in [0.29, 0.717) is 10.6 Å². The predicted molar refractivity (Wildman–Crippen MR) is 104 cm³/mol. The first-order valence-corrected chi connectivity index (χ1v) is 8.55. The number of pyridine rings is 1. The van der Waals surface area contributed by atoms with Crippen LogP contribution >= 0.6 is 11.6 Å². The number of benzene rings is 2. The Kier molecular flexibility index (Phi) is 3.51. The van der Waals surface area contributed by atoms with Crippen molar-refractivity contribution >= 4 is 33.5 Å². The summed E-state index contributed by atoms with van der Waals surface area (Å²) in [7, 11) is 1.81. The van der Waals surface area contributed by atoms with Crippen LogP contribution in [0.3, 0.4) is 0 Å². The molecule has 4 rings (SSSR count). The third-order valence-corrected chi connectivity index (χ3v) is 5.34. The first-order valence-electron chi connectivity index (χ1n) is 8.17. The maximum Gasteiger partial charge on any atom is 0.254 e. The molecule has 0 aliphatic heterocycles. The summed E-state index contributed by atoms with van der Waals surface area (Å²) in [5, 5.41) is 2.72. The van der Waals surface area contributed by atoms with E-state index in [9.17, 15) is 4.79 Å². The molecule has 4 aromatic rings. The number of halogens is 1. The standard InChI is InChI=1S/C21H18ClNO2/c1-11-10-25-20-13(3)19-16(9-15(11)20)18(12(2)21(24)23(19)4)14-7-5-6-8-17(14)22/h5-10H,1-4H3. The molecular formula is C21H18ClNO2. The Morgan fingerprint density at radius 3 is 2.48 bits per heavy atom. The van der Waals surface area contributed by atoms with Crippen LogP contribution in [0.25, 0.3) is 33.0 Å². The van der Waals surface area contributed by atoms with Crippen molar-refractivity contribution in [3.05, 3.63) is 68.7 Å². The van der Waals surface area contributed by atoms with E-state index in [1.807, 2.05) is 52.1 Å². The highest BCUT2D eigenvalue weighted by atomic mass is 35.5. The van der Waals surface area contributed by atoms with Crippen LogP contribution in [0.4, 0.5) is 0 Å². The van der Waals surface area contributed by atoms with Crippen LogP contribution in [-0.4, -0.2) is 4.57 Å². The van der Waals surface area contributed by atoms with Gasteiger partial charge in [-0.2, -0.15) is 0 Å². The van der Waals surface area contributed by atoms with E-state index < -0.39 is 0 Å². The zero-order chi connectivity index (χ0) is 17.9. The quantitative estimate of drug-likeness (QED) is 0.452. The molecule has 0 saturated carbocycles. The molecule has 25 heavy (non-hydrogen) atoms. The van der Waals surface area contributed by atoms with E-state index in [2.05, 4.69) is 6.07 Å². The van der Waals surface area contributed by atoms with Crippen molar-refractivity contribution in [3.63, 3.8) is 0 Å². The topological polar surface area (TPSA) is 35.1 Å². The number of aromatic nitrogens is 1. The number of hydrogen-bond acceptors (Lipinski definition) is 2. The second kappa shape index (κ2) is 5.50. The molecule has 0 atom stereocenters. The van der Waals surface area contributed by atoms with Gasteiger partial charge in [0.1, 0.15) is 5.58 Å². The fourth-order valence-corrected chi connectivity index (χ4v) is 3.97. The zero-order valence-corrected chi connectivity index (χ0v) is 15.4. The SMILES string of the molecule is Cc1c(-c2ccccc2Cl)c2cc3c(C)coc3c(C)c2n(C)c1=O. The Labute approximate surface area is 150 Å². The van der Waals surface area contributed by atoms with Crippen LogP contribution in [0.1, 0.15) is 16.7 Å². The van der Waals surface area contributed by atoms with Crippen LogP contribution in [0.2, 0.25) is 5.02 Å². The fraction of sp³-hybridized carbons (Fsp3) is 0.190. The molecule has 0 aliphatic rings. The van der Waals surface area contributed by atoms with Crippen molar-refractivity contribution in [2.75, 3.05) is 0 Å². The van der Waals surface area contributed by atoms with E-state index in [4.69, 9.17) is 16.0 Å². The van der Waals surface area contributed by atoms with Crippen molar-refractivity contribution in [1.29, 1.82) is 0 Å². The molecule has 0 aliphatic carbocycles. The lowest BCUT2D eigenvalue weighted by Crippen LogP contribution is -2.21. The summed E-state index contributed by atoms with van der Waals surface area (Å²) in [6.07, 6.45) is 1.76. The Morgan fingerprint density at radius 2 is 1.76 bits per heavy atom. The summed E-state index contributed by atoms with van der Waals surface area (Å²) in [6.45, 7) is 5.89. The van der Waals surface area contributed by atoms with Crippen LogP contribution in [-0.2, 0) is 7.05 Å². The third-order valence-electron chi connectivity index (χ3n) is 5.01. The lowest BCUT2D eigenvalue weighted by molar-refractivity contribution is 0.610. The largest absolute Gasteiger partial charge is 0.464 e. The third kappa shape index (κ3) is 2.16. The van der Waals surface area contributed by atoms with Crippen molar-refractivity contribution < 1.29 is 4.42 Å². The minimum atomic E-state index is -0.0202. The van der Waals surface area contributed by atoms with Gasteiger partial charge in [-0.05, 0) is 38.5 Å². The molecule has 0 N–H and O–H groups in total. The van der Waals surface area contributed by atoms with Crippen molar-refractivity contribution in [2.45, 2.75) is 20.8 Å². The fourth-order valence-electron chi connectivity index (χ4n) is 3.74. The molecule has 3 nitrogen and oxygen atoms in total. The normalized spacial score (nSPS) is 11.6. The van der Waals surface area contributed by atoms with Gasteiger partial charge in [0.25, 0.3) is 5.56 Å². The second-order valence-electron chi connectivity index (χ2n) is 6.54. The van der Waals surface area contributed by atoms with E-state index >= 15 is 0 Å². The molecule has 0 bridgehead atoms. The van der Waals surface area contributed by atoms with Gasteiger partial charge in [-0.15, -0.1) is 0 Å². The van der Waals surface area contributed by atoms with Crippen molar-refractivity contribution in [2.24, 2.45) is 7.05 Å². The van der Waals surface area contributed by atoms with Gasteiger partial charge in [-0.25, -0.2) is 0 Å². The first kappa shape index (κ1) is 16.0. The number of furan rings is 1. The molecule has 0 saturated heterocycles. The molecular weight excluding hydrogens is 334 g/mol. The highest BCUT2D eigenvalue weighted by Crippen LogP contribution is 2.38. The molecule has 2 aromatic heterocycles. The zero-order valence-electron chi connectivity index (χ0n) is 14.6. The van der Waals surface area contributed by atoms with Crippen LogP contribution in [0, 0.1) is 20.8 Å². The summed E-state index contributed by atoms with van der Waals surface area (Å²) >= 11 is 6.46. The van der Waals surface area contributed by atoms with E-state index in [1.165, 1.54) is 0 Å². The molecule has 0 amide bonds. The summed E-state index contributed by atoms with van der Waals surface area (Å²) in [5.74, 6) is 0. The molecule has 126 valence electrons. The van der Waals surface area contributed by atoms with Gasteiger partial charge in [-0.3, -0.25) is 4.79 Å². The average molecular weight is 352 g/mol. The smallest absolute Gasteiger partial charge is 0.254 e. The Bertz CT molecular complexity index is 1210. The molecule has 0 radical (unpaired) electrons. The number of hydrogen-bond donors (Lipinski definition) is 0. The predicted octanol–water partition coefficient (Wildman–Crippen LogP) is 5.53. The maximum atomic E-state index is 12.9. The lowest BCUT2D eigenvalue weighted by atomic mass is 9.93. The van der Waals surface area contributed by atoms with Gasteiger partial charge < -0.3 is 8.98 Å². The van der Waals surface area contributed by atoms with Gasteiger partial charge in [0.2, 0.25) is 0 Å². The number of nitrogens with zero attached hydrogens (tertiary/aromatic N) is 1. The summed E-state index contributed by atoms with van der Waals surface area (Å²) in [6, 6.07) is 9.77. The van der Waals surface area contributed by atoms with Gasteiger partial charge >= 0.3 is 0 Å². The summed E-state index contributed by atoms with van der Waals surface area (Å²) in [5.41, 5.74) is 6.21. The highest BCUT2D eigenvalue weighted by Gasteiger charge is 2.20. The van der Waals surface area contributed by atoms with Gasteiger partial charge in [0, 0.05) is 45.1 Å². The molecule has 2 aromatic carbocycles. The van der Waals surface area contributed by atoms with Crippen molar-refractivity contribution in [1.82, 2.24) is 4.57 Å². The van der Waals surface area contributed by atoms with E-state index in [0.717, 1.165) is 44.1 Å². The first-order chi connectivity index (χ1) is 11.9. The Balaban J connectivity index is 2.32. The minimum Gasteiger partial charge on any atom is -0.464 e. The molecule has 0 unspecified atom stereocenters. The molecule has 0 spiro atoms. The average Bonchev–Trinajstić information content (AvgIpc) is 2.96. The highest BCUT2D eigenvalue weighted by molar-refractivity contribution is 6.33. The lowest BCUT2D eigenvalue weighted by Gasteiger charge is -2.17. The molecule has 4 heteroatoms. The maximum absolute atomic E-state index is 12.9. The molecule has 0 fully saturated rings. The Morgan fingerprint density at radius 1 is 1.04 bits per heavy atom. The van der Waals surface area contributed by atoms with E-state index in [-0.39, 0.29) is 5.56 Å². The van der Waals surface area contributed by atoms with Crippen LogP contribution in [0.5, 0.6) is 0 Å². The number of fused-ring (bicyclic) bond motifs is 2. The van der Waals surface area contributed by atoms with Crippen LogP contribution in [0.15, 0.2) is 45.8 Å². The van der Waals surface area contributed by atoms with Gasteiger partial charge in [0.05, 0.1) is 11.8 Å². The van der Waals surface area contributed by atoms with Crippen molar-refractivity contribution in [3.8, 4) is 11.1 Å². The molecule has 2 heterocycles. The second-order valence-corrected chi connectivity index (χ2v) is 6.94. The number of aryl methyl sites for hydroxylation is 3. The van der Waals surface area contributed by atoms with Gasteiger partial charge in [-0.1, -0.05) is 29.8 Å².